The summed E-state index contributed by atoms with van der Waals surface area (Å²) in [4.78, 5) is 12.3. The maximum atomic E-state index is 12.5. The highest BCUT2D eigenvalue weighted by atomic mass is 32.2. The van der Waals surface area contributed by atoms with E-state index in [1.54, 1.807) is 6.07 Å². The van der Waals surface area contributed by atoms with E-state index in [2.05, 4.69) is 4.72 Å². The summed E-state index contributed by atoms with van der Waals surface area (Å²) < 4.78 is 37.8. The van der Waals surface area contributed by atoms with Gasteiger partial charge in [0.2, 0.25) is 10.0 Å². The number of hydrogen-bond donors (Lipinski definition) is 2. The summed E-state index contributed by atoms with van der Waals surface area (Å²) in [7, 11) is -0.829. The SMILES string of the molecule is COc1ccc(S(=O)(=O)NCC2CCN(C(=O)O)CC2)c(OC)c1. The van der Waals surface area contributed by atoms with Crippen LogP contribution in [-0.4, -0.2) is 58.4 Å². The molecule has 1 saturated heterocycles. The Hall–Kier alpha value is -2.00. The summed E-state index contributed by atoms with van der Waals surface area (Å²) in [6, 6.07) is 4.51. The molecule has 0 spiro atoms. The number of benzene rings is 1. The van der Waals surface area contributed by atoms with Crippen LogP contribution < -0.4 is 14.2 Å². The second-order valence-electron chi connectivity index (χ2n) is 5.58. The predicted octanol–water partition coefficient (Wildman–Crippen LogP) is 1.37. The summed E-state index contributed by atoms with van der Waals surface area (Å²) in [6.45, 7) is 1.12. The van der Waals surface area contributed by atoms with Crippen molar-refractivity contribution in [2.24, 2.45) is 5.92 Å². The summed E-state index contributed by atoms with van der Waals surface area (Å²) in [5, 5.41) is 8.92. The maximum Gasteiger partial charge on any atom is 0.407 e. The highest BCUT2D eigenvalue weighted by Crippen LogP contribution is 2.28. The van der Waals surface area contributed by atoms with Crippen LogP contribution in [-0.2, 0) is 10.0 Å². The van der Waals surface area contributed by atoms with Crippen LogP contribution in [0.25, 0.3) is 0 Å². The van der Waals surface area contributed by atoms with Crippen LogP contribution in [0.1, 0.15) is 12.8 Å². The average molecular weight is 358 g/mol. The normalized spacial score (nSPS) is 16.0. The van der Waals surface area contributed by atoms with Gasteiger partial charge in [-0.2, -0.15) is 0 Å². The number of hydrogen-bond acceptors (Lipinski definition) is 5. The third kappa shape index (κ3) is 4.30. The van der Waals surface area contributed by atoms with E-state index in [0.717, 1.165) is 0 Å². The first kappa shape index (κ1) is 18.3. The lowest BCUT2D eigenvalue weighted by Gasteiger charge is -2.30. The summed E-state index contributed by atoms with van der Waals surface area (Å²) in [6.07, 6.45) is 0.334. The standard InChI is InChI=1S/C15H22N2O6S/c1-22-12-3-4-14(13(9-12)23-2)24(20,21)16-10-11-5-7-17(8-6-11)15(18)19/h3-4,9,11,16H,5-8,10H2,1-2H3,(H,18,19). The number of methoxy groups -OCH3 is 2. The Labute approximate surface area is 141 Å². The molecular weight excluding hydrogens is 336 g/mol. The molecule has 0 saturated carbocycles. The largest absolute Gasteiger partial charge is 0.497 e. The molecular formula is C15H22N2O6S. The Morgan fingerprint density at radius 2 is 1.96 bits per heavy atom. The molecule has 1 aliphatic heterocycles. The lowest BCUT2D eigenvalue weighted by Crippen LogP contribution is -2.40. The third-order valence-corrected chi connectivity index (χ3v) is 5.57. The zero-order valence-electron chi connectivity index (χ0n) is 13.7. The van der Waals surface area contributed by atoms with E-state index in [1.807, 2.05) is 0 Å². The Morgan fingerprint density at radius 3 is 2.50 bits per heavy atom. The van der Waals surface area contributed by atoms with Gasteiger partial charge in [-0.3, -0.25) is 0 Å². The molecule has 0 radical (unpaired) electrons. The van der Waals surface area contributed by atoms with E-state index in [-0.39, 0.29) is 23.1 Å². The lowest BCUT2D eigenvalue weighted by molar-refractivity contribution is 0.125. The fourth-order valence-corrected chi connectivity index (χ4v) is 3.90. The molecule has 1 aliphatic rings. The van der Waals surface area contributed by atoms with Crippen LogP contribution >= 0.6 is 0 Å². The first-order valence-electron chi connectivity index (χ1n) is 7.57. The van der Waals surface area contributed by atoms with Crippen LogP contribution in [0, 0.1) is 5.92 Å². The van der Waals surface area contributed by atoms with Crippen LogP contribution in [0.4, 0.5) is 4.79 Å². The van der Waals surface area contributed by atoms with Gasteiger partial charge in [0.1, 0.15) is 16.4 Å². The van der Waals surface area contributed by atoms with Gasteiger partial charge >= 0.3 is 6.09 Å². The molecule has 1 aromatic carbocycles. The number of likely N-dealkylation sites (tertiary alicyclic amines) is 1. The Bertz CT molecular complexity index is 683. The molecule has 8 nitrogen and oxygen atoms in total. The Balaban J connectivity index is 2.01. The van der Waals surface area contributed by atoms with E-state index in [9.17, 15) is 13.2 Å². The van der Waals surface area contributed by atoms with Crippen molar-refractivity contribution in [1.82, 2.24) is 9.62 Å². The van der Waals surface area contributed by atoms with E-state index < -0.39 is 16.1 Å². The molecule has 0 unspecified atom stereocenters. The smallest absolute Gasteiger partial charge is 0.407 e. The van der Waals surface area contributed by atoms with Gasteiger partial charge in [-0.1, -0.05) is 0 Å². The van der Waals surface area contributed by atoms with Gasteiger partial charge in [0.25, 0.3) is 0 Å². The Kier molecular flexibility index (Phi) is 5.89. The van der Waals surface area contributed by atoms with Crippen molar-refractivity contribution in [3.05, 3.63) is 18.2 Å². The lowest BCUT2D eigenvalue weighted by atomic mass is 9.97. The number of carbonyl (C=O) groups is 1. The second-order valence-corrected chi connectivity index (χ2v) is 7.32. The fraction of sp³-hybridized carbons (Fsp3) is 0.533. The number of rotatable bonds is 6. The molecule has 0 aliphatic carbocycles. The van der Waals surface area contributed by atoms with Gasteiger partial charge in [-0.25, -0.2) is 17.9 Å². The summed E-state index contributed by atoms with van der Waals surface area (Å²) in [5.74, 6) is 0.828. The van der Waals surface area contributed by atoms with Crippen molar-refractivity contribution >= 4 is 16.1 Å². The molecule has 0 bridgehead atoms. The van der Waals surface area contributed by atoms with Crippen LogP contribution in [0.15, 0.2) is 23.1 Å². The molecule has 1 amide bonds. The van der Waals surface area contributed by atoms with Crippen LogP contribution in [0.3, 0.4) is 0 Å². The van der Waals surface area contributed by atoms with Crippen LogP contribution in [0.5, 0.6) is 11.5 Å². The van der Waals surface area contributed by atoms with E-state index in [4.69, 9.17) is 14.6 Å². The van der Waals surface area contributed by atoms with Crippen molar-refractivity contribution in [2.45, 2.75) is 17.7 Å². The zero-order valence-corrected chi connectivity index (χ0v) is 14.5. The summed E-state index contributed by atoms with van der Waals surface area (Å²) >= 11 is 0. The van der Waals surface area contributed by atoms with Gasteiger partial charge in [-0.15, -0.1) is 0 Å². The van der Waals surface area contributed by atoms with Gasteiger partial charge in [-0.05, 0) is 30.9 Å². The third-order valence-electron chi connectivity index (χ3n) is 4.11. The van der Waals surface area contributed by atoms with Crippen LogP contribution in [0.2, 0.25) is 0 Å². The minimum absolute atomic E-state index is 0.0498. The van der Waals surface area contributed by atoms with Gasteiger partial charge < -0.3 is 19.5 Å². The van der Waals surface area contributed by atoms with Crippen molar-refractivity contribution < 1.29 is 27.8 Å². The number of sulfonamides is 1. The molecule has 1 heterocycles. The van der Waals surface area contributed by atoms with Gasteiger partial charge in [0.15, 0.2) is 0 Å². The molecule has 1 aromatic rings. The van der Waals surface area contributed by atoms with E-state index in [1.165, 1.54) is 31.3 Å². The first-order valence-corrected chi connectivity index (χ1v) is 9.05. The quantitative estimate of drug-likeness (QED) is 0.796. The highest BCUT2D eigenvalue weighted by molar-refractivity contribution is 7.89. The number of amides is 1. The van der Waals surface area contributed by atoms with Crippen molar-refractivity contribution in [2.75, 3.05) is 33.9 Å². The van der Waals surface area contributed by atoms with E-state index in [0.29, 0.717) is 31.7 Å². The molecule has 24 heavy (non-hydrogen) atoms. The minimum Gasteiger partial charge on any atom is -0.497 e. The molecule has 9 heteroatoms. The van der Waals surface area contributed by atoms with Crippen molar-refractivity contribution in [3.8, 4) is 11.5 Å². The summed E-state index contributed by atoms with van der Waals surface area (Å²) in [5.41, 5.74) is 0. The van der Waals surface area contributed by atoms with E-state index >= 15 is 0 Å². The minimum atomic E-state index is -3.72. The number of piperidine rings is 1. The molecule has 0 atom stereocenters. The topological polar surface area (TPSA) is 105 Å². The second kappa shape index (κ2) is 7.71. The first-order chi connectivity index (χ1) is 11.4. The van der Waals surface area contributed by atoms with Crippen molar-refractivity contribution in [1.29, 1.82) is 0 Å². The molecule has 134 valence electrons. The molecule has 2 rings (SSSR count). The fourth-order valence-electron chi connectivity index (χ4n) is 2.63. The van der Waals surface area contributed by atoms with Gasteiger partial charge in [0, 0.05) is 25.7 Å². The highest BCUT2D eigenvalue weighted by Gasteiger charge is 2.25. The maximum absolute atomic E-state index is 12.5. The number of nitrogens with one attached hydrogen (secondary N) is 1. The number of carboxylic acid groups (broad SMARTS) is 1. The molecule has 2 N–H and O–H groups in total. The van der Waals surface area contributed by atoms with Crippen molar-refractivity contribution in [3.63, 3.8) is 0 Å². The molecule has 0 aromatic heterocycles. The number of nitrogens with zero attached hydrogens (tertiary/aromatic N) is 1. The molecule has 1 fully saturated rings. The van der Waals surface area contributed by atoms with Gasteiger partial charge in [0.05, 0.1) is 14.2 Å². The monoisotopic (exact) mass is 358 g/mol. The number of ether oxygens (including phenoxy) is 2. The predicted molar refractivity (Wildman–Crippen MR) is 87.1 cm³/mol. The zero-order chi connectivity index (χ0) is 17.7. The average Bonchev–Trinajstić information content (AvgIpc) is 2.59. The Morgan fingerprint density at radius 1 is 1.29 bits per heavy atom.